The molecule has 206 valence electrons. The number of rotatable bonds is 4. The first-order valence-electron chi connectivity index (χ1n) is 15.8. The molecular formula is C33H58N2O. The van der Waals surface area contributed by atoms with E-state index in [4.69, 9.17) is 5.73 Å². The second-order valence-corrected chi connectivity index (χ2v) is 11.5. The molecule has 0 aromatic heterocycles. The summed E-state index contributed by atoms with van der Waals surface area (Å²) in [6.07, 6.45) is 31.8. The van der Waals surface area contributed by atoms with E-state index in [0.29, 0.717) is 12.3 Å². The van der Waals surface area contributed by atoms with E-state index in [9.17, 15) is 4.79 Å². The number of carbonyl (C=O) groups excluding carboxylic acids is 1. The Bertz CT molecular complexity index is 632. The highest BCUT2D eigenvalue weighted by Crippen LogP contribution is 2.29. The summed E-state index contributed by atoms with van der Waals surface area (Å²) in [6, 6.07) is 8.54. The molecule has 0 unspecified atom stereocenters. The normalized spacial score (nSPS) is 20.8. The molecule has 1 saturated carbocycles. The minimum Gasteiger partial charge on any atom is -0.358 e. The Labute approximate surface area is 223 Å². The molecule has 1 aliphatic rings. The van der Waals surface area contributed by atoms with Gasteiger partial charge in [0.15, 0.2) is 0 Å². The number of nitrogens with one attached hydrogen (secondary N) is 1. The molecule has 0 spiro atoms. The largest absolute Gasteiger partial charge is 0.358 e. The van der Waals surface area contributed by atoms with Crippen molar-refractivity contribution >= 4 is 5.91 Å². The maximum atomic E-state index is 11.8. The van der Waals surface area contributed by atoms with Gasteiger partial charge in [0.05, 0.1) is 6.04 Å². The van der Waals surface area contributed by atoms with E-state index in [1.54, 1.807) is 7.05 Å². The van der Waals surface area contributed by atoms with Gasteiger partial charge in [0.2, 0.25) is 5.91 Å². The number of likely N-dealkylation sites (N-methyl/N-ethyl adjacent to an activating group) is 1. The molecule has 1 fully saturated rings. The first kappa shape index (κ1) is 30.9. The Hall–Kier alpha value is -1.35. The van der Waals surface area contributed by atoms with E-state index in [1.807, 2.05) is 0 Å². The van der Waals surface area contributed by atoms with E-state index >= 15 is 0 Å². The molecule has 1 amide bonds. The third kappa shape index (κ3) is 14.4. The van der Waals surface area contributed by atoms with Crippen LogP contribution in [0.1, 0.15) is 158 Å². The molecular weight excluding hydrogens is 440 g/mol. The van der Waals surface area contributed by atoms with Crippen molar-refractivity contribution in [3.8, 4) is 0 Å². The molecule has 0 saturated heterocycles. The number of carbonyl (C=O) groups is 1. The number of hydrogen-bond acceptors (Lipinski definition) is 2. The fourth-order valence-corrected chi connectivity index (χ4v) is 5.90. The smallest absolute Gasteiger partial charge is 0.237 e. The molecule has 3 N–H and O–H groups in total. The van der Waals surface area contributed by atoms with Gasteiger partial charge in [0, 0.05) is 7.05 Å². The summed E-state index contributed by atoms with van der Waals surface area (Å²) in [5.41, 5.74) is 8.67. The van der Waals surface area contributed by atoms with Gasteiger partial charge in [-0.1, -0.05) is 153 Å². The van der Waals surface area contributed by atoms with Crippen LogP contribution in [0.25, 0.3) is 0 Å². The quantitative estimate of drug-likeness (QED) is 0.435. The fraction of sp³-hybridized carbons (Fsp3) is 0.788. The highest BCUT2D eigenvalue weighted by Gasteiger charge is 2.14. The van der Waals surface area contributed by atoms with Gasteiger partial charge >= 0.3 is 0 Å². The summed E-state index contributed by atoms with van der Waals surface area (Å²) in [5.74, 6) is 0.587. The Morgan fingerprint density at radius 3 is 1.33 bits per heavy atom. The predicted octanol–water partition coefficient (Wildman–Crippen LogP) is 8.98. The van der Waals surface area contributed by atoms with Crippen molar-refractivity contribution in [2.24, 2.45) is 5.73 Å². The van der Waals surface area contributed by atoms with Crippen LogP contribution in [0.3, 0.4) is 0 Å². The maximum Gasteiger partial charge on any atom is 0.237 e. The Morgan fingerprint density at radius 2 is 1.00 bits per heavy atom. The molecule has 3 nitrogen and oxygen atoms in total. The zero-order valence-electron chi connectivity index (χ0n) is 23.7. The molecule has 2 rings (SSSR count). The van der Waals surface area contributed by atoms with E-state index in [2.05, 4.69) is 29.6 Å². The molecule has 1 aromatic carbocycles. The SMILES string of the molecule is CNC(=O)[C@@H](N)Cc1ccc(C2CCCCCCCCCCCCCCCCCCCCCC2)cc1. The molecule has 1 aromatic rings. The van der Waals surface area contributed by atoms with E-state index in [1.165, 1.54) is 147 Å². The summed E-state index contributed by atoms with van der Waals surface area (Å²) in [4.78, 5) is 11.8. The van der Waals surface area contributed by atoms with Crippen LogP contribution in [0.4, 0.5) is 0 Å². The monoisotopic (exact) mass is 498 g/mol. The van der Waals surface area contributed by atoms with Crippen LogP contribution in [0.2, 0.25) is 0 Å². The average molecular weight is 499 g/mol. The third-order valence-corrected chi connectivity index (χ3v) is 8.35. The minimum absolute atomic E-state index is 0.0873. The van der Waals surface area contributed by atoms with Crippen LogP contribution in [-0.4, -0.2) is 19.0 Å². The first-order valence-corrected chi connectivity index (χ1v) is 15.8. The Kier molecular flexibility index (Phi) is 17.7. The van der Waals surface area contributed by atoms with Gasteiger partial charge in [0.1, 0.15) is 0 Å². The number of benzene rings is 1. The second kappa shape index (κ2) is 20.7. The van der Waals surface area contributed by atoms with E-state index in [0.717, 1.165) is 5.56 Å². The number of hydrogen-bond donors (Lipinski definition) is 2. The van der Waals surface area contributed by atoms with Crippen LogP contribution in [-0.2, 0) is 11.2 Å². The van der Waals surface area contributed by atoms with Gasteiger partial charge in [-0.2, -0.15) is 0 Å². The molecule has 0 radical (unpaired) electrons. The molecule has 1 atom stereocenters. The summed E-state index contributed by atoms with van der Waals surface area (Å²) in [5, 5.41) is 2.65. The molecule has 0 bridgehead atoms. The molecule has 3 heteroatoms. The lowest BCUT2D eigenvalue weighted by Gasteiger charge is -2.19. The summed E-state index contributed by atoms with van der Waals surface area (Å²) in [6.45, 7) is 0. The molecule has 0 aliphatic heterocycles. The first-order chi connectivity index (χ1) is 17.7. The van der Waals surface area contributed by atoms with Crippen molar-refractivity contribution < 1.29 is 4.79 Å². The van der Waals surface area contributed by atoms with Crippen LogP contribution in [0, 0.1) is 0 Å². The highest BCUT2D eigenvalue weighted by atomic mass is 16.2. The van der Waals surface area contributed by atoms with Crippen molar-refractivity contribution in [1.29, 1.82) is 0 Å². The summed E-state index contributed by atoms with van der Waals surface area (Å²) in [7, 11) is 1.65. The van der Waals surface area contributed by atoms with Crippen molar-refractivity contribution in [2.75, 3.05) is 7.05 Å². The average Bonchev–Trinajstić information content (AvgIpc) is 2.89. The van der Waals surface area contributed by atoms with Gasteiger partial charge < -0.3 is 11.1 Å². The van der Waals surface area contributed by atoms with Gasteiger partial charge in [0.25, 0.3) is 0 Å². The minimum atomic E-state index is -0.469. The van der Waals surface area contributed by atoms with Gasteiger partial charge in [-0.25, -0.2) is 0 Å². The van der Waals surface area contributed by atoms with Crippen LogP contribution >= 0.6 is 0 Å². The van der Waals surface area contributed by atoms with Gasteiger partial charge in [-0.15, -0.1) is 0 Å². The molecule has 1 aliphatic carbocycles. The van der Waals surface area contributed by atoms with Crippen LogP contribution in [0.5, 0.6) is 0 Å². The zero-order chi connectivity index (χ0) is 25.7. The van der Waals surface area contributed by atoms with E-state index < -0.39 is 6.04 Å². The van der Waals surface area contributed by atoms with Gasteiger partial charge in [-0.05, 0) is 36.3 Å². The topological polar surface area (TPSA) is 55.1 Å². The highest BCUT2D eigenvalue weighted by molar-refractivity contribution is 5.81. The Morgan fingerprint density at radius 1 is 0.667 bits per heavy atom. The van der Waals surface area contributed by atoms with Crippen molar-refractivity contribution in [3.05, 3.63) is 35.4 Å². The molecule has 0 heterocycles. The van der Waals surface area contributed by atoms with Crippen molar-refractivity contribution in [1.82, 2.24) is 5.32 Å². The van der Waals surface area contributed by atoms with Crippen molar-refractivity contribution in [2.45, 2.75) is 160 Å². The second-order valence-electron chi connectivity index (χ2n) is 11.5. The summed E-state index contributed by atoms with van der Waals surface area (Å²) >= 11 is 0. The standard InChI is InChI=1S/C33H58N2O/c1-35-33(36)32(34)28-29-24-26-31(27-25-29)30-22-20-18-16-14-12-10-8-6-4-2-3-5-7-9-11-13-15-17-19-21-23-30/h24-27,30,32H,2-23,28,34H2,1H3,(H,35,36)/t32-/m0/s1. The lowest BCUT2D eigenvalue weighted by atomic mass is 9.87. The van der Waals surface area contributed by atoms with Crippen LogP contribution in [0.15, 0.2) is 24.3 Å². The number of nitrogens with two attached hydrogens (primary N) is 1. The predicted molar refractivity (Wildman–Crippen MR) is 157 cm³/mol. The molecule has 36 heavy (non-hydrogen) atoms. The summed E-state index contributed by atoms with van der Waals surface area (Å²) < 4.78 is 0. The Balaban J connectivity index is 1.83. The zero-order valence-corrected chi connectivity index (χ0v) is 23.7. The van der Waals surface area contributed by atoms with E-state index in [-0.39, 0.29) is 5.91 Å². The lowest BCUT2D eigenvalue weighted by molar-refractivity contribution is -0.121. The van der Waals surface area contributed by atoms with Gasteiger partial charge in [-0.3, -0.25) is 4.79 Å². The lowest BCUT2D eigenvalue weighted by Crippen LogP contribution is -2.40. The fourth-order valence-electron chi connectivity index (χ4n) is 5.90. The number of amides is 1. The maximum absolute atomic E-state index is 11.8. The third-order valence-electron chi connectivity index (χ3n) is 8.35. The van der Waals surface area contributed by atoms with Crippen molar-refractivity contribution in [3.63, 3.8) is 0 Å². The van der Waals surface area contributed by atoms with Crippen LogP contribution < -0.4 is 11.1 Å².